The number of hydrogen-bond donors (Lipinski definition) is 1. The molecule has 1 aromatic carbocycles. The standard InChI is InChI=1S/C15H19NO4S/c1-15(14(17)18)8-4-9-16(15)12-7-10-21(19,20)13-6-3-2-5-11(12)13/h2-3,5-6,12H,4,7-10H2,1H3,(H,17,18). The normalized spacial score (nSPS) is 31.8. The average Bonchev–Trinajstić information content (AvgIpc) is 2.83. The number of sulfone groups is 1. The van der Waals surface area contributed by atoms with E-state index < -0.39 is 21.3 Å². The van der Waals surface area contributed by atoms with E-state index in [0.717, 1.165) is 12.0 Å². The van der Waals surface area contributed by atoms with Crippen molar-refractivity contribution in [1.29, 1.82) is 0 Å². The van der Waals surface area contributed by atoms with Crippen LogP contribution in [0.2, 0.25) is 0 Å². The van der Waals surface area contributed by atoms with E-state index >= 15 is 0 Å². The highest BCUT2D eigenvalue weighted by atomic mass is 32.2. The van der Waals surface area contributed by atoms with Gasteiger partial charge in [-0.3, -0.25) is 9.69 Å². The van der Waals surface area contributed by atoms with Gasteiger partial charge in [-0.2, -0.15) is 0 Å². The van der Waals surface area contributed by atoms with E-state index in [1.54, 1.807) is 19.1 Å². The van der Waals surface area contributed by atoms with Gasteiger partial charge in [0.2, 0.25) is 0 Å². The van der Waals surface area contributed by atoms with Gasteiger partial charge < -0.3 is 5.11 Å². The van der Waals surface area contributed by atoms with Crippen LogP contribution in [0.25, 0.3) is 0 Å². The summed E-state index contributed by atoms with van der Waals surface area (Å²) >= 11 is 0. The summed E-state index contributed by atoms with van der Waals surface area (Å²) in [5, 5.41) is 9.56. The molecule has 114 valence electrons. The summed E-state index contributed by atoms with van der Waals surface area (Å²) in [5.74, 6) is -0.744. The molecule has 2 heterocycles. The molecule has 1 N–H and O–H groups in total. The first-order chi connectivity index (χ1) is 9.86. The molecule has 1 saturated heterocycles. The molecule has 0 bridgehead atoms. The lowest BCUT2D eigenvalue weighted by molar-refractivity contribution is -0.150. The Bertz CT molecular complexity index is 685. The molecule has 21 heavy (non-hydrogen) atoms. The van der Waals surface area contributed by atoms with Crippen LogP contribution >= 0.6 is 0 Å². The van der Waals surface area contributed by atoms with Crippen molar-refractivity contribution in [3.63, 3.8) is 0 Å². The quantitative estimate of drug-likeness (QED) is 0.902. The highest BCUT2D eigenvalue weighted by Gasteiger charge is 2.48. The van der Waals surface area contributed by atoms with Crippen LogP contribution in [0.15, 0.2) is 29.2 Å². The summed E-state index contributed by atoms with van der Waals surface area (Å²) in [5.41, 5.74) is -0.156. The molecule has 0 aromatic heterocycles. The summed E-state index contributed by atoms with van der Waals surface area (Å²) in [7, 11) is -3.24. The number of benzene rings is 1. The second-order valence-corrected chi connectivity index (χ2v) is 8.11. The molecule has 0 saturated carbocycles. The van der Waals surface area contributed by atoms with E-state index in [-0.39, 0.29) is 11.8 Å². The number of carboxylic acids is 1. The Hall–Kier alpha value is -1.40. The minimum absolute atomic E-state index is 0.0842. The fourth-order valence-electron chi connectivity index (χ4n) is 3.61. The number of nitrogens with zero attached hydrogens (tertiary/aromatic N) is 1. The Labute approximate surface area is 124 Å². The van der Waals surface area contributed by atoms with Crippen molar-refractivity contribution in [2.24, 2.45) is 0 Å². The molecular formula is C15H19NO4S. The maximum absolute atomic E-state index is 12.2. The topological polar surface area (TPSA) is 74.7 Å². The first-order valence-electron chi connectivity index (χ1n) is 7.18. The third-order valence-electron chi connectivity index (χ3n) is 4.81. The fraction of sp³-hybridized carbons (Fsp3) is 0.533. The molecule has 0 aliphatic carbocycles. The second kappa shape index (κ2) is 4.81. The molecule has 6 heteroatoms. The Balaban J connectivity index is 2.07. The van der Waals surface area contributed by atoms with Crippen LogP contribution in [0.3, 0.4) is 0 Å². The van der Waals surface area contributed by atoms with Gasteiger partial charge >= 0.3 is 5.97 Å². The van der Waals surface area contributed by atoms with Gasteiger partial charge in [-0.1, -0.05) is 18.2 Å². The summed E-state index contributed by atoms with van der Waals surface area (Å²) in [6, 6.07) is 6.86. The lowest BCUT2D eigenvalue weighted by Gasteiger charge is -2.40. The zero-order valence-corrected chi connectivity index (χ0v) is 12.8. The molecule has 2 aliphatic heterocycles. The first-order valence-corrected chi connectivity index (χ1v) is 8.83. The Morgan fingerprint density at radius 2 is 2.10 bits per heavy atom. The second-order valence-electron chi connectivity index (χ2n) is 6.04. The third-order valence-corrected chi connectivity index (χ3v) is 6.62. The SMILES string of the molecule is CC1(C(=O)O)CCCN1C1CCS(=O)(=O)c2ccccc21. The average molecular weight is 309 g/mol. The summed E-state index contributed by atoms with van der Waals surface area (Å²) < 4.78 is 24.4. The molecule has 0 amide bonds. The largest absolute Gasteiger partial charge is 0.480 e. The van der Waals surface area contributed by atoms with Crippen LogP contribution in [-0.4, -0.2) is 42.2 Å². The fourth-order valence-corrected chi connectivity index (χ4v) is 5.21. The summed E-state index contributed by atoms with van der Waals surface area (Å²) in [6.07, 6.45) is 1.89. The minimum atomic E-state index is -3.24. The van der Waals surface area contributed by atoms with E-state index in [1.807, 2.05) is 17.0 Å². The molecule has 3 rings (SSSR count). The van der Waals surface area contributed by atoms with Crippen LogP contribution in [0.4, 0.5) is 0 Å². The number of rotatable bonds is 2. The van der Waals surface area contributed by atoms with Crippen LogP contribution in [-0.2, 0) is 14.6 Å². The highest BCUT2D eigenvalue weighted by Crippen LogP contribution is 2.43. The Kier molecular flexibility index (Phi) is 3.33. The van der Waals surface area contributed by atoms with Crippen LogP contribution in [0.1, 0.15) is 37.8 Å². The maximum Gasteiger partial charge on any atom is 0.323 e. The predicted octanol–water partition coefficient (Wildman–Crippen LogP) is 1.84. The minimum Gasteiger partial charge on any atom is -0.480 e. The van der Waals surface area contributed by atoms with Gasteiger partial charge in [0, 0.05) is 6.04 Å². The maximum atomic E-state index is 12.2. The number of carboxylic acid groups (broad SMARTS) is 1. The first kappa shape index (κ1) is 14.5. The van der Waals surface area contributed by atoms with E-state index in [1.165, 1.54) is 0 Å². The number of hydrogen-bond acceptors (Lipinski definition) is 4. The van der Waals surface area contributed by atoms with Crippen molar-refractivity contribution >= 4 is 15.8 Å². The van der Waals surface area contributed by atoms with Gasteiger partial charge in [0.25, 0.3) is 0 Å². The highest BCUT2D eigenvalue weighted by molar-refractivity contribution is 7.91. The zero-order valence-electron chi connectivity index (χ0n) is 11.9. The lowest BCUT2D eigenvalue weighted by atomic mass is 9.94. The summed E-state index contributed by atoms with van der Waals surface area (Å²) in [6.45, 7) is 2.44. The molecule has 2 atom stereocenters. The summed E-state index contributed by atoms with van der Waals surface area (Å²) in [4.78, 5) is 14.0. The van der Waals surface area contributed by atoms with Crippen molar-refractivity contribution in [2.45, 2.75) is 42.7 Å². The molecule has 2 aliphatic rings. The lowest BCUT2D eigenvalue weighted by Crippen LogP contribution is -2.50. The number of aliphatic carboxylic acids is 1. The van der Waals surface area contributed by atoms with Crippen molar-refractivity contribution in [3.8, 4) is 0 Å². The van der Waals surface area contributed by atoms with Crippen molar-refractivity contribution in [1.82, 2.24) is 4.90 Å². The van der Waals surface area contributed by atoms with E-state index in [9.17, 15) is 18.3 Å². The Morgan fingerprint density at radius 1 is 1.38 bits per heavy atom. The molecule has 2 unspecified atom stereocenters. The predicted molar refractivity (Wildman–Crippen MR) is 77.8 cm³/mol. The van der Waals surface area contributed by atoms with Gasteiger partial charge in [-0.15, -0.1) is 0 Å². The van der Waals surface area contributed by atoms with Gasteiger partial charge in [-0.25, -0.2) is 8.42 Å². The third kappa shape index (κ3) is 2.17. The zero-order chi connectivity index (χ0) is 15.3. The molecular weight excluding hydrogens is 290 g/mol. The van der Waals surface area contributed by atoms with Crippen molar-refractivity contribution < 1.29 is 18.3 Å². The van der Waals surface area contributed by atoms with Crippen LogP contribution in [0.5, 0.6) is 0 Å². The molecule has 1 aromatic rings. The van der Waals surface area contributed by atoms with Crippen molar-refractivity contribution in [2.75, 3.05) is 12.3 Å². The number of likely N-dealkylation sites (tertiary alicyclic amines) is 1. The van der Waals surface area contributed by atoms with Crippen LogP contribution < -0.4 is 0 Å². The molecule has 5 nitrogen and oxygen atoms in total. The van der Waals surface area contributed by atoms with Gasteiger partial charge in [-0.05, 0) is 44.4 Å². The van der Waals surface area contributed by atoms with Crippen LogP contribution in [0, 0.1) is 0 Å². The Morgan fingerprint density at radius 3 is 2.81 bits per heavy atom. The van der Waals surface area contributed by atoms with E-state index in [4.69, 9.17) is 0 Å². The molecule has 0 radical (unpaired) electrons. The molecule has 1 fully saturated rings. The monoisotopic (exact) mass is 309 g/mol. The van der Waals surface area contributed by atoms with Gasteiger partial charge in [0.1, 0.15) is 5.54 Å². The molecule has 0 spiro atoms. The number of carbonyl (C=O) groups is 1. The number of fused-ring (bicyclic) bond motifs is 1. The van der Waals surface area contributed by atoms with Gasteiger partial charge in [0.05, 0.1) is 10.6 Å². The van der Waals surface area contributed by atoms with Gasteiger partial charge in [0.15, 0.2) is 9.84 Å². The smallest absolute Gasteiger partial charge is 0.323 e. The van der Waals surface area contributed by atoms with Crippen molar-refractivity contribution in [3.05, 3.63) is 29.8 Å². The van der Waals surface area contributed by atoms with E-state index in [2.05, 4.69) is 0 Å². The van der Waals surface area contributed by atoms with E-state index in [0.29, 0.717) is 24.3 Å².